The molecule has 0 aliphatic carbocycles. The number of carbonyl (C=O) groups is 1. The molecule has 0 N–H and O–H groups in total. The summed E-state index contributed by atoms with van der Waals surface area (Å²) < 4.78 is 27.5. The zero-order chi connectivity index (χ0) is 22.0. The zero-order valence-corrected chi connectivity index (χ0v) is 18.3. The van der Waals surface area contributed by atoms with Gasteiger partial charge in [-0.15, -0.1) is 0 Å². The Morgan fingerprint density at radius 1 is 1.13 bits per heavy atom. The third kappa shape index (κ3) is 4.05. The van der Waals surface area contributed by atoms with Gasteiger partial charge in [-0.3, -0.25) is 9.69 Å². The molecule has 31 heavy (non-hydrogen) atoms. The van der Waals surface area contributed by atoms with Gasteiger partial charge in [0.1, 0.15) is 0 Å². The third-order valence-corrected chi connectivity index (χ3v) is 5.81. The van der Waals surface area contributed by atoms with E-state index in [1.54, 1.807) is 33.5 Å². The minimum Gasteiger partial charge on any atom is -0.493 e. The Kier molecular flexibility index (Phi) is 6.04. The number of allylic oxidation sites excluding steroid dienone is 1. The highest BCUT2D eigenvalue weighted by molar-refractivity contribution is 5.94. The zero-order valence-electron chi connectivity index (χ0n) is 18.3. The molecule has 0 saturated heterocycles. The smallest absolute Gasteiger partial charge is 0.231 e. The van der Waals surface area contributed by atoms with Crippen molar-refractivity contribution in [2.45, 2.75) is 18.9 Å². The number of likely N-dealkylation sites (N-methyl/N-ethyl adjacent to an activating group) is 1. The lowest BCUT2D eigenvalue weighted by atomic mass is 9.88. The van der Waals surface area contributed by atoms with Gasteiger partial charge in [0.05, 0.1) is 21.3 Å². The van der Waals surface area contributed by atoms with Crippen molar-refractivity contribution in [1.29, 1.82) is 0 Å². The van der Waals surface area contributed by atoms with Crippen LogP contribution in [-0.4, -0.2) is 52.4 Å². The largest absolute Gasteiger partial charge is 0.493 e. The summed E-state index contributed by atoms with van der Waals surface area (Å²) in [6, 6.07) is 7.47. The second-order valence-corrected chi connectivity index (χ2v) is 7.58. The predicted octanol–water partition coefficient (Wildman–Crippen LogP) is 3.64. The third-order valence-electron chi connectivity index (χ3n) is 5.81. The van der Waals surface area contributed by atoms with E-state index in [-0.39, 0.29) is 18.6 Å². The summed E-state index contributed by atoms with van der Waals surface area (Å²) in [5.74, 6) is 3.29. The number of ketones is 1. The molecule has 2 aromatic carbocycles. The van der Waals surface area contributed by atoms with Gasteiger partial charge in [0.2, 0.25) is 12.5 Å². The lowest BCUT2D eigenvalue weighted by Crippen LogP contribution is -2.33. The first-order chi connectivity index (χ1) is 15.0. The van der Waals surface area contributed by atoms with Crippen LogP contribution in [0.2, 0.25) is 0 Å². The number of nitrogens with zero attached hydrogens (tertiary/aromatic N) is 1. The average molecular weight is 425 g/mol. The average Bonchev–Trinajstić information content (AvgIpc) is 3.26. The molecule has 4 rings (SSSR count). The highest BCUT2D eigenvalue weighted by atomic mass is 16.7. The fourth-order valence-corrected chi connectivity index (χ4v) is 4.19. The van der Waals surface area contributed by atoms with Crippen LogP contribution in [0.4, 0.5) is 0 Å². The van der Waals surface area contributed by atoms with Gasteiger partial charge >= 0.3 is 0 Å². The Hall–Kier alpha value is -3.19. The van der Waals surface area contributed by atoms with Crippen LogP contribution in [0, 0.1) is 0 Å². The van der Waals surface area contributed by atoms with Crippen molar-refractivity contribution >= 4 is 11.9 Å². The molecule has 164 valence electrons. The van der Waals surface area contributed by atoms with E-state index in [0.717, 1.165) is 29.7 Å². The van der Waals surface area contributed by atoms with Gasteiger partial charge in [-0.2, -0.15) is 0 Å². The van der Waals surface area contributed by atoms with Gasteiger partial charge in [-0.25, -0.2) is 0 Å². The second-order valence-electron chi connectivity index (χ2n) is 7.58. The molecule has 2 aromatic rings. The van der Waals surface area contributed by atoms with Crippen LogP contribution < -0.4 is 23.7 Å². The first-order valence-electron chi connectivity index (χ1n) is 10.2. The molecule has 7 heteroatoms. The molecule has 2 heterocycles. The quantitative estimate of drug-likeness (QED) is 0.628. The van der Waals surface area contributed by atoms with Crippen LogP contribution >= 0.6 is 0 Å². The first kappa shape index (κ1) is 21.1. The summed E-state index contributed by atoms with van der Waals surface area (Å²) in [7, 11) is 6.84. The molecule has 0 aromatic heterocycles. The molecular formula is C24H27NO6. The molecule has 0 fully saturated rings. The molecule has 2 aliphatic rings. The Morgan fingerprint density at radius 2 is 1.94 bits per heavy atom. The summed E-state index contributed by atoms with van der Waals surface area (Å²) in [6.07, 6.45) is 4.61. The normalized spacial score (nSPS) is 17.5. The molecule has 1 atom stereocenters. The van der Waals surface area contributed by atoms with Crippen LogP contribution in [0.1, 0.15) is 29.2 Å². The van der Waals surface area contributed by atoms with Gasteiger partial charge in [-0.1, -0.05) is 12.1 Å². The number of hydrogen-bond acceptors (Lipinski definition) is 7. The number of fused-ring (bicyclic) bond motifs is 2. The number of methoxy groups -OCH3 is 3. The summed E-state index contributed by atoms with van der Waals surface area (Å²) in [5, 5.41) is 0. The van der Waals surface area contributed by atoms with Crippen molar-refractivity contribution in [3.05, 3.63) is 47.0 Å². The second kappa shape index (κ2) is 8.89. The summed E-state index contributed by atoms with van der Waals surface area (Å²) in [4.78, 5) is 15.1. The van der Waals surface area contributed by atoms with Crippen molar-refractivity contribution in [1.82, 2.24) is 4.90 Å². The maximum atomic E-state index is 12.9. The van der Waals surface area contributed by atoms with Crippen molar-refractivity contribution in [2.24, 2.45) is 0 Å². The van der Waals surface area contributed by atoms with E-state index >= 15 is 0 Å². The van der Waals surface area contributed by atoms with Crippen LogP contribution in [0.25, 0.3) is 6.08 Å². The molecule has 0 amide bonds. The van der Waals surface area contributed by atoms with Crippen molar-refractivity contribution in [3.8, 4) is 28.7 Å². The standard InChI is InChI=1S/C24H27NO6/c1-25-10-9-16-12-21-23(31-14-30-21)24(29-4)22(16)18(25)13-17(26)7-5-15-6-8-19(27-2)20(11-15)28-3/h5-8,11-12,18H,9-10,13-14H2,1-4H3/b7-5+/t18-/m1/s1. The maximum absolute atomic E-state index is 12.9. The van der Waals surface area contributed by atoms with Crippen LogP contribution in [-0.2, 0) is 11.2 Å². The first-order valence-corrected chi connectivity index (χ1v) is 10.2. The van der Waals surface area contributed by atoms with Gasteiger partial charge in [0.15, 0.2) is 28.8 Å². The number of hydrogen-bond donors (Lipinski definition) is 0. The van der Waals surface area contributed by atoms with Crippen LogP contribution in [0.15, 0.2) is 30.3 Å². The minimum atomic E-state index is -0.101. The van der Waals surface area contributed by atoms with E-state index in [1.165, 1.54) is 0 Å². The van der Waals surface area contributed by atoms with Crippen molar-refractivity contribution in [2.75, 3.05) is 41.7 Å². The van der Waals surface area contributed by atoms with Crippen molar-refractivity contribution in [3.63, 3.8) is 0 Å². The van der Waals surface area contributed by atoms with Gasteiger partial charge in [-0.05, 0) is 48.9 Å². The molecule has 0 bridgehead atoms. The molecule has 0 saturated carbocycles. The number of benzene rings is 2. The van der Waals surface area contributed by atoms with Crippen LogP contribution in [0.3, 0.4) is 0 Å². The van der Waals surface area contributed by atoms with Gasteiger partial charge < -0.3 is 23.7 Å². The Bertz CT molecular complexity index is 1020. The molecular weight excluding hydrogens is 398 g/mol. The Labute approximate surface area is 182 Å². The molecule has 0 radical (unpaired) electrons. The lowest BCUT2D eigenvalue weighted by molar-refractivity contribution is -0.115. The van der Waals surface area contributed by atoms with E-state index in [0.29, 0.717) is 35.2 Å². The molecule has 7 nitrogen and oxygen atoms in total. The SMILES string of the molecule is COc1ccc(/C=C/C(=O)C[C@@H]2c3c(cc4c(c3OC)OCO4)CCN2C)cc1OC. The monoisotopic (exact) mass is 425 g/mol. The number of ether oxygens (including phenoxy) is 5. The highest BCUT2D eigenvalue weighted by Crippen LogP contribution is 2.50. The lowest BCUT2D eigenvalue weighted by Gasteiger charge is -2.35. The summed E-state index contributed by atoms with van der Waals surface area (Å²) >= 11 is 0. The Morgan fingerprint density at radius 3 is 2.68 bits per heavy atom. The Balaban J connectivity index is 1.57. The molecule has 2 aliphatic heterocycles. The highest BCUT2D eigenvalue weighted by Gasteiger charge is 2.34. The fourth-order valence-electron chi connectivity index (χ4n) is 4.19. The van der Waals surface area contributed by atoms with E-state index in [9.17, 15) is 4.79 Å². The van der Waals surface area contributed by atoms with E-state index in [4.69, 9.17) is 23.7 Å². The van der Waals surface area contributed by atoms with E-state index < -0.39 is 0 Å². The van der Waals surface area contributed by atoms with E-state index in [2.05, 4.69) is 4.90 Å². The molecule has 0 unspecified atom stereocenters. The van der Waals surface area contributed by atoms with Gasteiger partial charge in [0, 0.05) is 24.6 Å². The van der Waals surface area contributed by atoms with Crippen LogP contribution in [0.5, 0.6) is 28.7 Å². The topological polar surface area (TPSA) is 66.5 Å². The van der Waals surface area contributed by atoms with E-state index in [1.807, 2.05) is 31.3 Å². The fraction of sp³-hybridized carbons (Fsp3) is 0.375. The number of rotatable bonds is 7. The minimum absolute atomic E-state index is 0.0270. The number of carbonyl (C=O) groups excluding carboxylic acids is 1. The maximum Gasteiger partial charge on any atom is 0.231 e. The van der Waals surface area contributed by atoms with Crippen molar-refractivity contribution < 1.29 is 28.5 Å². The van der Waals surface area contributed by atoms with Gasteiger partial charge in [0.25, 0.3) is 0 Å². The predicted molar refractivity (Wildman–Crippen MR) is 116 cm³/mol. The summed E-state index contributed by atoms with van der Waals surface area (Å²) in [5.41, 5.74) is 3.01. The summed E-state index contributed by atoms with van der Waals surface area (Å²) in [6.45, 7) is 1.04. The molecule has 0 spiro atoms.